The van der Waals surface area contributed by atoms with Gasteiger partial charge in [-0.3, -0.25) is 0 Å². The van der Waals surface area contributed by atoms with Crippen LogP contribution in [0, 0.1) is 13.8 Å². The molecule has 5 aromatic rings. The third-order valence-electron chi connectivity index (χ3n) is 4.78. The third kappa shape index (κ3) is 3.27. The van der Waals surface area contributed by atoms with Crippen LogP contribution in [0.5, 0.6) is 17.4 Å². The summed E-state index contributed by atoms with van der Waals surface area (Å²) in [5, 5.41) is 5.29. The van der Waals surface area contributed by atoms with Crippen molar-refractivity contribution in [2.24, 2.45) is 0 Å². The molecule has 0 aliphatic rings. The van der Waals surface area contributed by atoms with Crippen molar-refractivity contribution in [2.45, 2.75) is 20.5 Å². The molecule has 4 aromatic heterocycles. The maximum atomic E-state index is 6.06. The summed E-state index contributed by atoms with van der Waals surface area (Å²) in [6.07, 6.45) is 5.00. The highest BCUT2D eigenvalue weighted by Crippen LogP contribution is 2.32. The number of pyridine rings is 1. The Labute approximate surface area is 167 Å². The Kier molecular flexibility index (Phi) is 4.13. The number of fused-ring (bicyclic) bond motifs is 2. The molecule has 0 radical (unpaired) electrons. The monoisotopic (exact) mass is 385 g/mol. The lowest BCUT2D eigenvalue weighted by Gasteiger charge is -2.07. The Morgan fingerprint density at radius 3 is 2.79 bits per heavy atom. The van der Waals surface area contributed by atoms with Crippen LogP contribution in [-0.2, 0) is 6.61 Å². The molecule has 0 aliphatic heterocycles. The predicted octanol–water partition coefficient (Wildman–Crippen LogP) is 4.59. The summed E-state index contributed by atoms with van der Waals surface area (Å²) in [6.45, 7) is 4.45. The fourth-order valence-electron chi connectivity index (χ4n) is 3.36. The fraction of sp³-hybridized carbons (Fsp3) is 0.136. The number of aryl methyl sites for hydroxylation is 2. The molecule has 0 atom stereocenters. The average Bonchev–Trinajstić information content (AvgIpc) is 3.26. The van der Waals surface area contributed by atoms with Crippen molar-refractivity contribution in [3.63, 3.8) is 0 Å². The summed E-state index contributed by atoms with van der Waals surface area (Å²) in [4.78, 5) is 12.0. The highest BCUT2D eigenvalue weighted by atomic mass is 16.5. The number of hydrogen-bond acceptors (Lipinski definition) is 5. The number of rotatable bonds is 5. The maximum Gasteiger partial charge on any atom is 0.247 e. The van der Waals surface area contributed by atoms with Gasteiger partial charge in [0.2, 0.25) is 5.88 Å². The minimum atomic E-state index is 0.459. The van der Waals surface area contributed by atoms with Crippen LogP contribution < -0.4 is 9.47 Å². The second-order valence-corrected chi connectivity index (χ2v) is 6.91. The smallest absolute Gasteiger partial charge is 0.247 e. The van der Waals surface area contributed by atoms with Gasteiger partial charge in [0.1, 0.15) is 35.6 Å². The van der Waals surface area contributed by atoms with E-state index >= 15 is 0 Å². The molecule has 144 valence electrons. The van der Waals surface area contributed by atoms with E-state index in [-0.39, 0.29) is 0 Å². The molecule has 1 aromatic carbocycles. The molecule has 0 spiro atoms. The Bertz CT molecular complexity index is 1310. The summed E-state index contributed by atoms with van der Waals surface area (Å²) in [5.74, 6) is 1.82. The van der Waals surface area contributed by atoms with Crippen molar-refractivity contribution in [3.05, 3.63) is 78.0 Å². The van der Waals surface area contributed by atoms with E-state index in [4.69, 9.17) is 9.47 Å². The standard InChI is InChI=1S/C22H19N5O2/c1-14-8-17-9-18(10-23-21(17)26-14)29-22-20-15(2)19(11-27(20)25-13-24-22)28-12-16-6-4-3-5-7-16/h3-11,13H,12H2,1-2H3,(H,23,26). The lowest BCUT2D eigenvalue weighted by molar-refractivity contribution is 0.304. The number of aromatic amines is 1. The van der Waals surface area contributed by atoms with Crippen LogP contribution in [-0.4, -0.2) is 24.6 Å². The topological polar surface area (TPSA) is 77.3 Å². The molecule has 5 rings (SSSR count). The molecule has 0 fully saturated rings. The number of aromatic nitrogens is 5. The molecular weight excluding hydrogens is 366 g/mol. The van der Waals surface area contributed by atoms with E-state index in [1.54, 1.807) is 10.7 Å². The Balaban J connectivity index is 1.46. The molecule has 1 N–H and O–H groups in total. The van der Waals surface area contributed by atoms with Crippen molar-refractivity contribution in [1.82, 2.24) is 24.6 Å². The molecule has 0 bridgehead atoms. The van der Waals surface area contributed by atoms with E-state index in [0.717, 1.165) is 39.1 Å². The quantitative estimate of drug-likeness (QED) is 0.479. The van der Waals surface area contributed by atoms with Gasteiger partial charge in [-0.1, -0.05) is 30.3 Å². The average molecular weight is 385 g/mol. The molecule has 0 saturated heterocycles. The van der Waals surface area contributed by atoms with E-state index in [1.165, 1.54) is 6.33 Å². The van der Waals surface area contributed by atoms with E-state index in [9.17, 15) is 0 Å². The molecule has 0 amide bonds. The molecular formula is C22H19N5O2. The lowest BCUT2D eigenvalue weighted by Crippen LogP contribution is -1.97. The normalized spacial score (nSPS) is 11.2. The zero-order valence-electron chi connectivity index (χ0n) is 16.1. The van der Waals surface area contributed by atoms with Gasteiger partial charge in [0.05, 0.1) is 12.4 Å². The number of benzene rings is 1. The van der Waals surface area contributed by atoms with Crippen LogP contribution in [0.3, 0.4) is 0 Å². The molecule has 0 aliphatic carbocycles. The predicted molar refractivity (Wildman–Crippen MR) is 109 cm³/mol. The SMILES string of the molecule is Cc1cc2cc(Oc3ncnn4cc(OCc5ccccc5)c(C)c34)cnc2[nH]1. The highest BCUT2D eigenvalue weighted by Gasteiger charge is 2.16. The third-order valence-corrected chi connectivity index (χ3v) is 4.78. The molecule has 29 heavy (non-hydrogen) atoms. The minimum absolute atomic E-state index is 0.459. The van der Waals surface area contributed by atoms with Crippen LogP contribution in [0.1, 0.15) is 16.8 Å². The first-order valence-electron chi connectivity index (χ1n) is 9.30. The van der Waals surface area contributed by atoms with Crippen molar-refractivity contribution in [2.75, 3.05) is 0 Å². The van der Waals surface area contributed by atoms with Gasteiger partial charge < -0.3 is 14.5 Å². The minimum Gasteiger partial charge on any atom is -0.487 e. The van der Waals surface area contributed by atoms with Crippen molar-refractivity contribution in [3.8, 4) is 17.4 Å². The molecule has 0 unspecified atom stereocenters. The van der Waals surface area contributed by atoms with E-state index in [1.807, 2.05) is 62.5 Å². The molecule has 4 heterocycles. The largest absolute Gasteiger partial charge is 0.487 e. The van der Waals surface area contributed by atoms with Gasteiger partial charge in [0, 0.05) is 16.6 Å². The van der Waals surface area contributed by atoms with E-state index in [0.29, 0.717) is 18.2 Å². The van der Waals surface area contributed by atoms with Gasteiger partial charge in [-0.25, -0.2) is 9.50 Å². The second kappa shape index (κ2) is 6.94. The van der Waals surface area contributed by atoms with Crippen LogP contribution in [0.25, 0.3) is 16.6 Å². The second-order valence-electron chi connectivity index (χ2n) is 6.91. The lowest BCUT2D eigenvalue weighted by atomic mass is 10.2. The number of nitrogens with one attached hydrogen (secondary N) is 1. The molecule has 7 nitrogen and oxygen atoms in total. The summed E-state index contributed by atoms with van der Waals surface area (Å²) < 4.78 is 13.8. The van der Waals surface area contributed by atoms with Gasteiger partial charge >= 0.3 is 0 Å². The van der Waals surface area contributed by atoms with Gasteiger partial charge in [-0.2, -0.15) is 10.1 Å². The molecule has 0 saturated carbocycles. The number of H-pyrrole nitrogens is 1. The van der Waals surface area contributed by atoms with Crippen molar-refractivity contribution >= 4 is 16.6 Å². The van der Waals surface area contributed by atoms with Gasteiger partial charge in [0.25, 0.3) is 0 Å². The zero-order valence-corrected chi connectivity index (χ0v) is 16.1. The fourth-order valence-corrected chi connectivity index (χ4v) is 3.36. The van der Waals surface area contributed by atoms with E-state index in [2.05, 4.69) is 20.1 Å². The van der Waals surface area contributed by atoms with Gasteiger partial charge in [-0.05, 0) is 31.5 Å². The van der Waals surface area contributed by atoms with Crippen LogP contribution >= 0.6 is 0 Å². The van der Waals surface area contributed by atoms with E-state index < -0.39 is 0 Å². The van der Waals surface area contributed by atoms with Crippen molar-refractivity contribution in [1.29, 1.82) is 0 Å². The van der Waals surface area contributed by atoms with Crippen LogP contribution in [0.4, 0.5) is 0 Å². The number of ether oxygens (including phenoxy) is 2. The zero-order chi connectivity index (χ0) is 19.8. The summed E-state index contributed by atoms with van der Waals surface area (Å²) in [5.41, 5.74) is 4.67. The van der Waals surface area contributed by atoms with Crippen LogP contribution in [0.15, 0.2) is 61.2 Å². The van der Waals surface area contributed by atoms with Gasteiger partial charge in [0.15, 0.2) is 0 Å². The Morgan fingerprint density at radius 1 is 1.07 bits per heavy atom. The first-order valence-corrected chi connectivity index (χ1v) is 9.30. The first-order chi connectivity index (χ1) is 14.2. The Morgan fingerprint density at radius 2 is 1.93 bits per heavy atom. The number of hydrogen-bond donors (Lipinski definition) is 1. The summed E-state index contributed by atoms with van der Waals surface area (Å²) >= 11 is 0. The highest BCUT2D eigenvalue weighted by molar-refractivity contribution is 5.78. The maximum absolute atomic E-state index is 6.06. The summed E-state index contributed by atoms with van der Waals surface area (Å²) in [7, 11) is 0. The van der Waals surface area contributed by atoms with Crippen molar-refractivity contribution < 1.29 is 9.47 Å². The summed E-state index contributed by atoms with van der Waals surface area (Å²) in [6, 6.07) is 14.0. The Hall–Kier alpha value is -3.87. The van der Waals surface area contributed by atoms with Crippen LogP contribution in [0.2, 0.25) is 0 Å². The number of nitrogens with zero attached hydrogens (tertiary/aromatic N) is 4. The van der Waals surface area contributed by atoms with Gasteiger partial charge in [-0.15, -0.1) is 0 Å². The molecule has 7 heteroatoms. The first kappa shape index (κ1) is 17.2.